The van der Waals surface area contributed by atoms with Crippen LogP contribution in [0.25, 0.3) is 11.4 Å². The molecule has 1 aromatic heterocycles. The minimum absolute atomic E-state index is 0.217. The third-order valence-electron chi connectivity index (χ3n) is 4.61. The number of aromatic nitrogens is 2. The van der Waals surface area contributed by atoms with Crippen molar-refractivity contribution in [3.05, 3.63) is 65.6 Å². The molecule has 3 aromatic rings. The summed E-state index contributed by atoms with van der Waals surface area (Å²) in [5.74, 6) is 1.30. The van der Waals surface area contributed by atoms with Gasteiger partial charge < -0.3 is 16.0 Å². The smallest absolute Gasteiger partial charge is 0.204 e. The molecule has 0 spiro atoms. The van der Waals surface area contributed by atoms with E-state index in [1.54, 1.807) is 23.9 Å². The van der Waals surface area contributed by atoms with Crippen molar-refractivity contribution in [3.8, 4) is 11.4 Å². The molecule has 0 atom stereocenters. The lowest BCUT2D eigenvalue weighted by Crippen LogP contribution is -2.18. The highest BCUT2D eigenvalue weighted by molar-refractivity contribution is 8.00. The first-order valence-corrected chi connectivity index (χ1v) is 12.9. The van der Waals surface area contributed by atoms with Crippen LogP contribution in [-0.2, 0) is 9.54 Å². The molecule has 0 radical (unpaired) electrons. The van der Waals surface area contributed by atoms with Crippen LogP contribution in [0.3, 0.4) is 0 Å². The average molecular weight is 516 g/mol. The molecule has 2 aromatic carbocycles. The Morgan fingerprint density at radius 2 is 1.56 bits per heavy atom. The normalized spacial score (nSPS) is 9.86. The van der Waals surface area contributed by atoms with Crippen LogP contribution in [0.2, 0.25) is 0 Å². The van der Waals surface area contributed by atoms with E-state index in [-0.39, 0.29) is 17.0 Å². The molecule has 0 unspecified atom stereocenters. The van der Waals surface area contributed by atoms with Crippen LogP contribution in [0.5, 0.6) is 0 Å². The molecule has 3 N–H and O–H groups in total. The second kappa shape index (κ2) is 16.5. The zero-order valence-corrected chi connectivity index (χ0v) is 24.1. The van der Waals surface area contributed by atoms with E-state index in [9.17, 15) is 4.39 Å². The van der Waals surface area contributed by atoms with Gasteiger partial charge in [-0.1, -0.05) is 27.7 Å². The number of carbonyl (C=O) groups is 1. The summed E-state index contributed by atoms with van der Waals surface area (Å²) in [6.45, 7) is 14.1. The molecular weight excluding hydrogens is 473 g/mol. The number of halogens is 1. The van der Waals surface area contributed by atoms with Crippen molar-refractivity contribution in [1.29, 1.82) is 0 Å². The summed E-state index contributed by atoms with van der Waals surface area (Å²) in [5.41, 5.74) is 7.97. The second-order valence-corrected chi connectivity index (χ2v) is 9.57. The van der Waals surface area contributed by atoms with E-state index in [0.29, 0.717) is 5.82 Å². The lowest BCUT2D eigenvalue weighted by molar-refractivity contribution is -0.106. The Morgan fingerprint density at radius 1 is 1.00 bits per heavy atom. The van der Waals surface area contributed by atoms with Crippen LogP contribution in [0.1, 0.15) is 52.8 Å². The van der Waals surface area contributed by atoms with Gasteiger partial charge in [0.15, 0.2) is 5.82 Å². The van der Waals surface area contributed by atoms with Crippen LogP contribution in [0.4, 0.5) is 15.9 Å². The van der Waals surface area contributed by atoms with Gasteiger partial charge in [-0.15, -0.1) is 11.8 Å². The number of primary amides is 1. The monoisotopic (exact) mass is 515 g/mol. The molecule has 1 heterocycles. The second-order valence-electron chi connectivity index (χ2n) is 7.87. The van der Waals surface area contributed by atoms with Gasteiger partial charge in [-0.2, -0.15) is 0 Å². The summed E-state index contributed by atoms with van der Waals surface area (Å²) >= 11 is 1.60. The van der Waals surface area contributed by atoms with E-state index in [1.165, 1.54) is 0 Å². The molecule has 0 aliphatic heterocycles. The number of carbonyl (C=O) groups excluding carboxylic acids is 1. The SMILES string of the molecule is CC.CC.CNc1ccc(-c2nc(N(C)C)cc(C(C)(C)Sc3cc(C)cc(F)c3)n2)cc1.NC=O. The minimum atomic E-state index is -0.367. The van der Waals surface area contributed by atoms with Crippen LogP contribution in [0.15, 0.2) is 53.4 Å². The van der Waals surface area contributed by atoms with Gasteiger partial charge in [0.05, 0.1) is 10.4 Å². The fourth-order valence-electron chi connectivity index (χ4n) is 3.00. The predicted molar refractivity (Wildman–Crippen MR) is 154 cm³/mol. The number of nitrogens with zero attached hydrogens (tertiary/aromatic N) is 3. The Hall–Kier alpha value is -3.13. The molecule has 6 nitrogen and oxygen atoms in total. The van der Waals surface area contributed by atoms with E-state index < -0.39 is 0 Å². The summed E-state index contributed by atoms with van der Waals surface area (Å²) in [6, 6.07) is 15.2. The van der Waals surface area contributed by atoms with Gasteiger partial charge in [-0.25, -0.2) is 14.4 Å². The number of nitrogens with two attached hydrogens (primary N) is 1. The summed E-state index contributed by atoms with van der Waals surface area (Å²) in [5, 5.41) is 3.12. The Balaban J connectivity index is 0.00000159. The maximum absolute atomic E-state index is 13.9. The highest BCUT2D eigenvalue weighted by atomic mass is 32.2. The van der Waals surface area contributed by atoms with Crippen LogP contribution >= 0.6 is 11.8 Å². The first kappa shape index (κ1) is 32.9. The van der Waals surface area contributed by atoms with Crippen molar-refractivity contribution >= 4 is 29.7 Å². The number of thioether (sulfide) groups is 1. The molecule has 198 valence electrons. The number of nitrogens with one attached hydrogen (secondary N) is 1. The van der Waals surface area contributed by atoms with E-state index in [0.717, 1.165) is 33.2 Å². The number of aryl methyl sites for hydroxylation is 1. The predicted octanol–water partition coefficient (Wildman–Crippen LogP) is 6.88. The van der Waals surface area contributed by atoms with Crippen LogP contribution in [0, 0.1) is 12.7 Å². The van der Waals surface area contributed by atoms with Crippen LogP contribution < -0.4 is 16.0 Å². The molecule has 0 saturated carbocycles. The van der Waals surface area contributed by atoms with E-state index in [1.807, 2.05) is 97.1 Å². The maximum Gasteiger partial charge on any atom is 0.204 e. The van der Waals surface area contributed by atoms with Gasteiger partial charge in [-0.3, -0.25) is 4.79 Å². The first-order chi connectivity index (χ1) is 17.1. The number of hydrogen-bond donors (Lipinski definition) is 2. The topological polar surface area (TPSA) is 84.1 Å². The Labute approximate surface area is 220 Å². The molecule has 8 heteroatoms. The van der Waals surface area contributed by atoms with Gasteiger partial charge in [0.1, 0.15) is 11.6 Å². The Bertz CT molecular complexity index is 1040. The number of amides is 1. The molecule has 0 aliphatic rings. The van der Waals surface area contributed by atoms with Crippen molar-refractivity contribution in [2.24, 2.45) is 5.73 Å². The van der Waals surface area contributed by atoms with Crippen molar-refractivity contribution in [3.63, 3.8) is 0 Å². The third kappa shape index (κ3) is 10.2. The molecule has 3 rings (SSSR count). The molecule has 36 heavy (non-hydrogen) atoms. The average Bonchev–Trinajstić information content (AvgIpc) is 2.86. The Morgan fingerprint density at radius 3 is 2.03 bits per heavy atom. The summed E-state index contributed by atoms with van der Waals surface area (Å²) in [4.78, 5) is 21.1. The van der Waals surface area contributed by atoms with Gasteiger partial charge in [-0.05, 0) is 68.8 Å². The van der Waals surface area contributed by atoms with Crippen molar-refractivity contribution < 1.29 is 9.18 Å². The van der Waals surface area contributed by atoms with E-state index in [2.05, 4.69) is 24.9 Å². The zero-order valence-electron chi connectivity index (χ0n) is 23.3. The Kier molecular flexibility index (Phi) is 15.1. The maximum atomic E-state index is 13.9. The highest BCUT2D eigenvalue weighted by Gasteiger charge is 2.26. The quantitative estimate of drug-likeness (QED) is 0.275. The molecule has 0 aliphatic carbocycles. The summed E-state index contributed by atoms with van der Waals surface area (Å²) < 4.78 is 13.5. The van der Waals surface area contributed by atoms with E-state index >= 15 is 0 Å². The zero-order chi connectivity index (χ0) is 27.9. The number of hydrogen-bond acceptors (Lipinski definition) is 6. The van der Waals surface area contributed by atoms with Crippen LogP contribution in [-0.4, -0.2) is 37.5 Å². The largest absolute Gasteiger partial charge is 0.388 e. The number of benzene rings is 2. The third-order valence-corrected chi connectivity index (χ3v) is 5.80. The van der Waals surface area contributed by atoms with Crippen molar-refractivity contribution in [2.45, 2.75) is 58.1 Å². The fraction of sp³-hybridized carbons (Fsp3) is 0.393. The van der Waals surface area contributed by atoms with Gasteiger partial charge >= 0.3 is 0 Å². The van der Waals surface area contributed by atoms with Gasteiger partial charge in [0.25, 0.3) is 0 Å². The first-order valence-electron chi connectivity index (χ1n) is 12.1. The van der Waals surface area contributed by atoms with E-state index in [4.69, 9.17) is 14.8 Å². The van der Waals surface area contributed by atoms with Crippen molar-refractivity contribution in [2.75, 3.05) is 31.4 Å². The highest BCUT2D eigenvalue weighted by Crippen LogP contribution is 2.41. The van der Waals surface area contributed by atoms with Gasteiger partial charge in [0.2, 0.25) is 6.41 Å². The molecule has 1 amide bonds. The molecule has 0 saturated heterocycles. The molecule has 0 bridgehead atoms. The standard InChI is InChI=1S/C23H27FN4S.2C2H6.CH3NO/c1-15-11-17(24)13-19(12-15)29-23(2,3)20-14-21(28(5)6)27-22(26-20)16-7-9-18(25-4)10-8-16;2*1-2;2-1-3/h7-14,25H,1-6H3;2*1-2H3;1H,(H2,2,3). The lowest BCUT2D eigenvalue weighted by Gasteiger charge is -2.26. The van der Waals surface area contributed by atoms with Gasteiger partial charge in [0, 0.05) is 43.4 Å². The molecule has 0 fully saturated rings. The minimum Gasteiger partial charge on any atom is -0.388 e. The fourth-order valence-corrected chi connectivity index (χ4v) is 4.21. The summed E-state index contributed by atoms with van der Waals surface area (Å²) in [6.07, 6.45) is 0.250. The molecular formula is C28H42FN5OS. The van der Waals surface area contributed by atoms with Crippen molar-refractivity contribution in [1.82, 2.24) is 9.97 Å². The number of rotatable bonds is 6. The lowest BCUT2D eigenvalue weighted by atomic mass is 10.1. The number of anilines is 2. The summed E-state index contributed by atoms with van der Waals surface area (Å²) in [7, 11) is 5.83.